The maximum Gasteiger partial charge on any atom is 0.145 e. The Morgan fingerprint density at radius 2 is 2.19 bits per heavy atom. The molecule has 3 aromatic rings. The van der Waals surface area contributed by atoms with E-state index in [1.165, 1.54) is 4.70 Å². The normalized spacial score (nSPS) is 11.1. The predicted molar refractivity (Wildman–Crippen MR) is 65.9 cm³/mol. The Balaban J connectivity index is 2.17. The van der Waals surface area contributed by atoms with Crippen LogP contribution in [0, 0.1) is 6.92 Å². The third-order valence-corrected chi connectivity index (χ3v) is 3.30. The smallest absolute Gasteiger partial charge is 0.145 e. The molecule has 0 amide bonds. The summed E-state index contributed by atoms with van der Waals surface area (Å²) in [6, 6.07) is 7.88. The first-order chi connectivity index (χ1) is 7.72. The fraction of sp³-hybridized carbons (Fsp3) is 0.0909. The number of nitrogens with zero attached hydrogens (tertiary/aromatic N) is 3. The Morgan fingerprint density at radius 1 is 1.31 bits per heavy atom. The average molecular weight is 230 g/mol. The van der Waals surface area contributed by atoms with Crippen LogP contribution >= 0.6 is 11.3 Å². The van der Waals surface area contributed by atoms with E-state index in [-0.39, 0.29) is 0 Å². The standard InChI is InChI=1S/C11H10N4S/c1-7-13-9-6-8(2-3-10(9)16-7)15-5-4-11(12)14-15/h2-6H,1H3,(H2,12,14). The molecular weight excluding hydrogens is 220 g/mol. The molecule has 0 aliphatic heterocycles. The summed E-state index contributed by atoms with van der Waals surface area (Å²) >= 11 is 1.70. The Labute approximate surface area is 96.3 Å². The monoisotopic (exact) mass is 230 g/mol. The SMILES string of the molecule is Cc1nc2cc(-n3ccc(N)n3)ccc2s1. The lowest BCUT2D eigenvalue weighted by molar-refractivity contribution is 0.887. The Morgan fingerprint density at radius 3 is 2.94 bits per heavy atom. The van der Waals surface area contributed by atoms with Gasteiger partial charge in [0, 0.05) is 12.3 Å². The maximum atomic E-state index is 5.59. The van der Waals surface area contributed by atoms with Crippen LogP contribution < -0.4 is 5.73 Å². The van der Waals surface area contributed by atoms with Gasteiger partial charge in [-0.1, -0.05) is 0 Å². The van der Waals surface area contributed by atoms with Crippen LogP contribution in [0.25, 0.3) is 15.9 Å². The van der Waals surface area contributed by atoms with Crippen LogP contribution in [0.3, 0.4) is 0 Å². The molecule has 5 heteroatoms. The van der Waals surface area contributed by atoms with Crippen molar-refractivity contribution < 1.29 is 0 Å². The number of nitrogens with two attached hydrogens (primary N) is 1. The van der Waals surface area contributed by atoms with Crippen LogP contribution in [0.15, 0.2) is 30.5 Å². The average Bonchev–Trinajstić information content (AvgIpc) is 2.81. The van der Waals surface area contributed by atoms with Gasteiger partial charge >= 0.3 is 0 Å². The molecule has 2 aromatic heterocycles. The van der Waals surface area contributed by atoms with E-state index in [4.69, 9.17) is 5.73 Å². The molecular formula is C11H10N4S. The number of thiazole rings is 1. The van der Waals surface area contributed by atoms with E-state index in [0.717, 1.165) is 16.2 Å². The zero-order valence-electron chi connectivity index (χ0n) is 8.71. The highest BCUT2D eigenvalue weighted by atomic mass is 32.1. The highest BCUT2D eigenvalue weighted by Crippen LogP contribution is 2.23. The van der Waals surface area contributed by atoms with Crippen molar-refractivity contribution in [2.75, 3.05) is 5.73 Å². The van der Waals surface area contributed by atoms with Crippen LogP contribution in [0.2, 0.25) is 0 Å². The number of nitrogen functional groups attached to an aromatic ring is 1. The molecule has 0 saturated carbocycles. The van der Waals surface area contributed by atoms with E-state index in [9.17, 15) is 0 Å². The fourth-order valence-corrected chi connectivity index (χ4v) is 2.46. The third-order valence-electron chi connectivity index (χ3n) is 2.35. The molecule has 4 nitrogen and oxygen atoms in total. The van der Waals surface area contributed by atoms with Gasteiger partial charge in [-0.2, -0.15) is 5.10 Å². The van der Waals surface area contributed by atoms with E-state index in [1.54, 1.807) is 22.1 Å². The van der Waals surface area contributed by atoms with Gasteiger partial charge in [-0.3, -0.25) is 0 Å². The van der Waals surface area contributed by atoms with Gasteiger partial charge in [-0.25, -0.2) is 9.67 Å². The van der Waals surface area contributed by atoms with Gasteiger partial charge in [-0.15, -0.1) is 11.3 Å². The quantitative estimate of drug-likeness (QED) is 0.698. The van der Waals surface area contributed by atoms with E-state index in [2.05, 4.69) is 16.1 Å². The number of hydrogen-bond acceptors (Lipinski definition) is 4. The lowest BCUT2D eigenvalue weighted by Crippen LogP contribution is -1.95. The van der Waals surface area contributed by atoms with Gasteiger partial charge in [0.05, 0.1) is 20.9 Å². The van der Waals surface area contributed by atoms with Crippen LogP contribution in [0.1, 0.15) is 5.01 Å². The number of rotatable bonds is 1. The number of anilines is 1. The Kier molecular flexibility index (Phi) is 1.94. The van der Waals surface area contributed by atoms with Crippen molar-refractivity contribution in [1.82, 2.24) is 14.8 Å². The molecule has 0 fully saturated rings. The predicted octanol–water partition coefficient (Wildman–Crippen LogP) is 2.37. The summed E-state index contributed by atoms with van der Waals surface area (Å²) in [4.78, 5) is 4.45. The molecule has 0 unspecified atom stereocenters. The molecule has 0 radical (unpaired) electrons. The molecule has 80 valence electrons. The highest BCUT2D eigenvalue weighted by molar-refractivity contribution is 7.18. The topological polar surface area (TPSA) is 56.7 Å². The number of hydrogen-bond donors (Lipinski definition) is 1. The second kappa shape index (κ2) is 3.31. The van der Waals surface area contributed by atoms with Crippen LogP contribution in [0.5, 0.6) is 0 Å². The maximum absolute atomic E-state index is 5.59. The zero-order chi connectivity index (χ0) is 11.1. The van der Waals surface area contributed by atoms with Crippen LogP contribution in [-0.2, 0) is 0 Å². The van der Waals surface area contributed by atoms with Crippen molar-refractivity contribution in [2.24, 2.45) is 0 Å². The molecule has 0 atom stereocenters. The molecule has 1 aromatic carbocycles. The van der Waals surface area contributed by atoms with E-state index < -0.39 is 0 Å². The van der Waals surface area contributed by atoms with E-state index in [0.29, 0.717) is 5.82 Å². The molecule has 2 N–H and O–H groups in total. The number of aromatic nitrogens is 3. The minimum absolute atomic E-state index is 0.523. The van der Waals surface area contributed by atoms with Gasteiger partial charge < -0.3 is 5.73 Å². The van der Waals surface area contributed by atoms with Gasteiger partial charge in [0.1, 0.15) is 5.82 Å². The van der Waals surface area contributed by atoms with Crippen molar-refractivity contribution in [2.45, 2.75) is 6.92 Å². The lowest BCUT2D eigenvalue weighted by atomic mass is 10.3. The fourth-order valence-electron chi connectivity index (χ4n) is 1.66. The summed E-state index contributed by atoms with van der Waals surface area (Å²) in [6.45, 7) is 2.01. The first-order valence-corrected chi connectivity index (χ1v) is 5.73. The Hall–Kier alpha value is -1.88. The van der Waals surface area contributed by atoms with Crippen molar-refractivity contribution in [3.05, 3.63) is 35.5 Å². The van der Waals surface area contributed by atoms with Crippen LogP contribution in [-0.4, -0.2) is 14.8 Å². The summed E-state index contributed by atoms with van der Waals surface area (Å²) < 4.78 is 2.95. The first kappa shape index (κ1) is 9.35. The summed E-state index contributed by atoms with van der Waals surface area (Å²) in [5, 5.41) is 5.24. The molecule has 0 spiro atoms. The Bertz CT molecular complexity index is 653. The van der Waals surface area contributed by atoms with Gasteiger partial charge in [0.25, 0.3) is 0 Å². The minimum Gasteiger partial charge on any atom is -0.382 e. The van der Waals surface area contributed by atoms with Crippen molar-refractivity contribution >= 4 is 27.4 Å². The van der Waals surface area contributed by atoms with Gasteiger partial charge in [0.15, 0.2) is 0 Å². The molecule has 0 aliphatic carbocycles. The zero-order valence-corrected chi connectivity index (χ0v) is 9.53. The van der Waals surface area contributed by atoms with E-state index in [1.807, 2.05) is 25.3 Å². The summed E-state index contributed by atoms with van der Waals surface area (Å²) in [6.07, 6.45) is 1.84. The van der Waals surface area contributed by atoms with Gasteiger partial charge in [-0.05, 0) is 25.1 Å². The second-order valence-corrected chi connectivity index (χ2v) is 4.80. The molecule has 2 heterocycles. The minimum atomic E-state index is 0.523. The molecule has 16 heavy (non-hydrogen) atoms. The molecule has 0 bridgehead atoms. The molecule has 0 saturated heterocycles. The summed E-state index contributed by atoms with van der Waals surface area (Å²) in [7, 11) is 0. The number of aryl methyl sites for hydroxylation is 1. The summed E-state index contributed by atoms with van der Waals surface area (Å²) in [5.74, 6) is 0.523. The second-order valence-electron chi connectivity index (χ2n) is 3.57. The first-order valence-electron chi connectivity index (χ1n) is 4.91. The highest BCUT2D eigenvalue weighted by Gasteiger charge is 2.03. The largest absolute Gasteiger partial charge is 0.382 e. The van der Waals surface area contributed by atoms with Crippen molar-refractivity contribution in [1.29, 1.82) is 0 Å². The third kappa shape index (κ3) is 1.45. The lowest BCUT2D eigenvalue weighted by Gasteiger charge is -1.99. The number of benzene rings is 1. The van der Waals surface area contributed by atoms with Gasteiger partial charge in [0.2, 0.25) is 0 Å². The van der Waals surface area contributed by atoms with E-state index >= 15 is 0 Å². The van der Waals surface area contributed by atoms with Crippen molar-refractivity contribution in [3.8, 4) is 5.69 Å². The molecule has 3 rings (SSSR count). The summed E-state index contributed by atoms with van der Waals surface area (Å²) in [5.41, 5.74) is 7.58. The van der Waals surface area contributed by atoms with Crippen LogP contribution in [0.4, 0.5) is 5.82 Å². The van der Waals surface area contributed by atoms with Crippen molar-refractivity contribution in [3.63, 3.8) is 0 Å². The molecule has 0 aliphatic rings. The number of fused-ring (bicyclic) bond motifs is 1.